The number of anilines is 2. The SMILES string of the molecule is O=C1[C@H]2[C@H](ON(c3ccccc3)[C@@H]2c2coc3ccc(F)cc3c2=O)C(=O)N1c1ccccc1. The van der Waals surface area contributed by atoms with Gasteiger partial charge in [0.2, 0.25) is 5.91 Å². The van der Waals surface area contributed by atoms with Crippen LogP contribution in [0.5, 0.6) is 0 Å². The fourth-order valence-corrected chi connectivity index (χ4v) is 4.68. The summed E-state index contributed by atoms with van der Waals surface area (Å²) in [5, 5.41) is 1.45. The molecule has 0 aliphatic carbocycles. The standard InChI is InChI=1S/C26H17FN2O5/c27-15-11-12-20-18(13-15)23(30)19(14-33-20)22-21-24(34-29(22)17-9-5-2-6-10-17)26(32)28(25(21)31)16-7-3-1-4-8-16/h1-14,21-22,24H/t21-,22-,24+/m1/s1. The molecular weight excluding hydrogens is 439 g/mol. The number of halogens is 1. The van der Waals surface area contributed by atoms with Crippen LogP contribution in [0.2, 0.25) is 0 Å². The summed E-state index contributed by atoms with van der Waals surface area (Å²) in [6.07, 6.45) is 0.137. The summed E-state index contributed by atoms with van der Waals surface area (Å²) < 4.78 is 19.6. The quantitative estimate of drug-likeness (QED) is 0.434. The van der Waals surface area contributed by atoms with Crippen LogP contribution in [0.3, 0.4) is 0 Å². The second-order valence-electron chi connectivity index (χ2n) is 8.17. The summed E-state index contributed by atoms with van der Waals surface area (Å²) >= 11 is 0. The third kappa shape index (κ3) is 2.96. The Balaban J connectivity index is 1.52. The highest BCUT2D eigenvalue weighted by Crippen LogP contribution is 2.47. The van der Waals surface area contributed by atoms with E-state index in [0.29, 0.717) is 11.4 Å². The molecule has 0 spiro atoms. The van der Waals surface area contributed by atoms with E-state index in [9.17, 15) is 18.8 Å². The number of carbonyl (C=O) groups excluding carboxylic acids is 2. The molecule has 3 aromatic carbocycles. The van der Waals surface area contributed by atoms with Gasteiger partial charge >= 0.3 is 0 Å². The van der Waals surface area contributed by atoms with Crippen LogP contribution in [-0.4, -0.2) is 17.9 Å². The van der Waals surface area contributed by atoms with Crippen LogP contribution < -0.4 is 15.4 Å². The summed E-state index contributed by atoms with van der Waals surface area (Å²) in [4.78, 5) is 47.5. The van der Waals surface area contributed by atoms with Crippen LogP contribution in [0.15, 0.2) is 94.3 Å². The predicted molar refractivity (Wildman–Crippen MR) is 121 cm³/mol. The zero-order chi connectivity index (χ0) is 23.4. The molecule has 7 nitrogen and oxygen atoms in total. The fraction of sp³-hybridized carbons (Fsp3) is 0.115. The van der Waals surface area contributed by atoms with Crippen LogP contribution >= 0.6 is 0 Å². The van der Waals surface area contributed by atoms with Gasteiger partial charge in [-0.3, -0.25) is 19.2 Å². The first-order chi connectivity index (χ1) is 16.5. The summed E-state index contributed by atoms with van der Waals surface area (Å²) in [7, 11) is 0. The van der Waals surface area contributed by atoms with E-state index in [-0.39, 0.29) is 16.5 Å². The van der Waals surface area contributed by atoms with Crippen LogP contribution in [0.4, 0.5) is 15.8 Å². The molecule has 2 fully saturated rings. The van der Waals surface area contributed by atoms with Gasteiger partial charge in [-0.25, -0.2) is 14.4 Å². The molecule has 2 saturated heterocycles. The molecular formula is C26H17FN2O5. The maximum Gasteiger partial charge on any atom is 0.266 e. The van der Waals surface area contributed by atoms with Gasteiger partial charge in [-0.1, -0.05) is 36.4 Å². The van der Waals surface area contributed by atoms with Gasteiger partial charge in [0.1, 0.15) is 29.6 Å². The number of carbonyl (C=O) groups is 2. The van der Waals surface area contributed by atoms with Crippen LogP contribution in [0.1, 0.15) is 11.6 Å². The minimum absolute atomic E-state index is 0.0469. The molecule has 2 aliphatic rings. The second-order valence-corrected chi connectivity index (χ2v) is 8.17. The van der Waals surface area contributed by atoms with Crippen LogP contribution in [0.25, 0.3) is 11.0 Å². The van der Waals surface area contributed by atoms with Gasteiger partial charge in [-0.05, 0) is 42.5 Å². The Labute approximate surface area is 192 Å². The monoisotopic (exact) mass is 456 g/mol. The number of nitrogens with zero attached hydrogens (tertiary/aromatic N) is 2. The predicted octanol–water partition coefficient (Wildman–Crippen LogP) is 3.98. The van der Waals surface area contributed by atoms with Crippen LogP contribution in [0, 0.1) is 11.7 Å². The summed E-state index contributed by atoms with van der Waals surface area (Å²) in [6, 6.07) is 20.2. The van der Waals surface area contributed by atoms with E-state index in [1.807, 2.05) is 6.07 Å². The minimum Gasteiger partial charge on any atom is -0.464 e. The van der Waals surface area contributed by atoms with Crippen molar-refractivity contribution in [3.05, 3.63) is 107 Å². The van der Waals surface area contributed by atoms with E-state index in [2.05, 4.69) is 0 Å². The van der Waals surface area contributed by atoms with Crippen LogP contribution in [-0.2, 0) is 14.4 Å². The molecule has 1 aromatic heterocycles. The first-order valence-electron chi connectivity index (χ1n) is 10.7. The second kappa shape index (κ2) is 7.64. The lowest BCUT2D eigenvalue weighted by molar-refractivity contribution is -0.126. The molecule has 8 heteroatoms. The number of amides is 2. The van der Waals surface area contributed by atoms with Crippen molar-refractivity contribution in [1.29, 1.82) is 0 Å². The average Bonchev–Trinajstić information content (AvgIpc) is 3.36. The molecule has 168 valence electrons. The lowest BCUT2D eigenvalue weighted by atomic mass is 9.91. The third-order valence-electron chi connectivity index (χ3n) is 6.22. The van der Waals surface area contributed by atoms with E-state index in [0.717, 1.165) is 11.0 Å². The fourth-order valence-electron chi connectivity index (χ4n) is 4.68. The maximum absolute atomic E-state index is 13.9. The molecule has 4 aromatic rings. The van der Waals surface area contributed by atoms with Crippen molar-refractivity contribution in [2.45, 2.75) is 12.1 Å². The molecule has 2 aliphatic heterocycles. The van der Waals surface area contributed by atoms with E-state index in [1.54, 1.807) is 54.6 Å². The minimum atomic E-state index is -1.12. The first-order valence-corrected chi connectivity index (χ1v) is 10.7. The number of hydroxylamine groups is 1. The molecule has 34 heavy (non-hydrogen) atoms. The van der Waals surface area contributed by atoms with Crippen molar-refractivity contribution < 1.29 is 23.2 Å². The van der Waals surface area contributed by atoms with E-state index in [1.165, 1.54) is 23.5 Å². The highest BCUT2D eigenvalue weighted by atomic mass is 19.1. The number of hydrogen-bond donors (Lipinski definition) is 0. The molecule has 3 atom stereocenters. The highest BCUT2D eigenvalue weighted by Gasteiger charge is 2.61. The zero-order valence-corrected chi connectivity index (χ0v) is 17.6. The number of hydrogen-bond acceptors (Lipinski definition) is 6. The number of fused-ring (bicyclic) bond motifs is 2. The highest BCUT2D eigenvalue weighted by molar-refractivity contribution is 6.23. The Morgan fingerprint density at radius 2 is 1.47 bits per heavy atom. The molecule has 2 amide bonds. The number of imide groups is 1. The van der Waals surface area contributed by atoms with Gasteiger partial charge in [-0.2, -0.15) is 0 Å². The lowest BCUT2D eigenvalue weighted by Crippen LogP contribution is -2.38. The normalized spacial score (nSPS) is 22.0. The van der Waals surface area contributed by atoms with Crippen molar-refractivity contribution in [2.75, 3.05) is 9.96 Å². The Morgan fingerprint density at radius 1 is 0.794 bits per heavy atom. The molecule has 0 N–H and O–H groups in total. The smallest absolute Gasteiger partial charge is 0.266 e. The third-order valence-corrected chi connectivity index (χ3v) is 6.22. The Bertz CT molecular complexity index is 1490. The Kier molecular flexibility index (Phi) is 4.56. The summed E-state index contributed by atoms with van der Waals surface area (Å²) in [5.74, 6) is -2.58. The van der Waals surface area contributed by atoms with E-state index >= 15 is 0 Å². The largest absolute Gasteiger partial charge is 0.464 e. The van der Waals surface area contributed by atoms with Crippen molar-refractivity contribution in [1.82, 2.24) is 0 Å². The first kappa shape index (κ1) is 20.3. The Morgan fingerprint density at radius 3 is 2.18 bits per heavy atom. The zero-order valence-electron chi connectivity index (χ0n) is 17.6. The van der Waals surface area contributed by atoms with Crippen molar-refractivity contribution >= 4 is 34.2 Å². The van der Waals surface area contributed by atoms with Gasteiger partial charge in [0.25, 0.3) is 5.91 Å². The number of benzene rings is 3. The summed E-state index contributed by atoms with van der Waals surface area (Å²) in [5.41, 5.74) is 0.817. The number of para-hydroxylation sites is 2. The van der Waals surface area contributed by atoms with Crippen molar-refractivity contribution in [2.24, 2.45) is 5.92 Å². The lowest BCUT2D eigenvalue weighted by Gasteiger charge is -2.28. The van der Waals surface area contributed by atoms with Gasteiger partial charge < -0.3 is 4.42 Å². The van der Waals surface area contributed by atoms with Gasteiger partial charge in [-0.15, -0.1) is 0 Å². The topological polar surface area (TPSA) is 80.1 Å². The number of rotatable bonds is 3. The molecule has 6 rings (SSSR count). The average molecular weight is 456 g/mol. The maximum atomic E-state index is 13.9. The molecule has 0 bridgehead atoms. The molecule has 0 unspecified atom stereocenters. The van der Waals surface area contributed by atoms with E-state index < -0.39 is 41.1 Å². The molecule has 0 radical (unpaired) electrons. The van der Waals surface area contributed by atoms with Crippen molar-refractivity contribution in [3.8, 4) is 0 Å². The van der Waals surface area contributed by atoms with Crippen molar-refractivity contribution in [3.63, 3.8) is 0 Å². The summed E-state index contributed by atoms with van der Waals surface area (Å²) in [6.45, 7) is 0. The molecule has 3 heterocycles. The van der Waals surface area contributed by atoms with Gasteiger partial charge in [0.15, 0.2) is 11.5 Å². The Hall–Kier alpha value is -4.30. The van der Waals surface area contributed by atoms with E-state index in [4.69, 9.17) is 9.25 Å². The van der Waals surface area contributed by atoms with Gasteiger partial charge in [0.05, 0.1) is 22.3 Å². The van der Waals surface area contributed by atoms with Gasteiger partial charge in [0, 0.05) is 0 Å². The molecule has 0 saturated carbocycles.